The molecule has 0 spiro atoms. The molecule has 0 aromatic heterocycles. The third-order valence-electron chi connectivity index (χ3n) is 4.03. The zero-order valence-electron chi connectivity index (χ0n) is 16.8. The number of methoxy groups -OCH3 is 3. The van der Waals surface area contributed by atoms with E-state index in [-0.39, 0.29) is 5.91 Å². The van der Waals surface area contributed by atoms with Gasteiger partial charge in [0.15, 0.2) is 11.5 Å². The maximum Gasteiger partial charge on any atom is 0.248 e. The minimum absolute atomic E-state index is 0.284. The van der Waals surface area contributed by atoms with E-state index in [1.54, 1.807) is 45.6 Å². The molecule has 0 fully saturated rings. The summed E-state index contributed by atoms with van der Waals surface area (Å²) >= 11 is 0. The van der Waals surface area contributed by atoms with Gasteiger partial charge in [-0.2, -0.15) is 0 Å². The van der Waals surface area contributed by atoms with Crippen LogP contribution in [0.5, 0.6) is 23.0 Å². The Morgan fingerprint density at radius 3 is 2.39 bits per heavy atom. The fraction of sp³-hybridized carbons (Fsp3) is 0.318. The number of benzene rings is 2. The number of anilines is 1. The Bertz CT molecular complexity index is 817. The van der Waals surface area contributed by atoms with Crippen LogP contribution in [-0.2, 0) is 4.79 Å². The molecule has 28 heavy (non-hydrogen) atoms. The first-order valence-corrected chi connectivity index (χ1v) is 9.13. The summed E-state index contributed by atoms with van der Waals surface area (Å²) in [4.78, 5) is 12.3. The van der Waals surface area contributed by atoms with Crippen molar-refractivity contribution < 1.29 is 23.7 Å². The second-order valence-electron chi connectivity index (χ2n) is 6.00. The first-order valence-electron chi connectivity index (χ1n) is 9.13. The van der Waals surface area contributed by atoms with Gasteiger partial charge in [-0.15, -0.1) is 0 Å². The number of carbonyl (C=O) groups is 1. The maximum atomic E-state index is 12.3. The molecule has 6 nitrogen and oxygen atoms in total. The number of carbonyl (C=O) groups excluding carboxylic acids is 1. The van der Waals surface area contributed by atoms with Gasteiger partial charge >= 0.3 is 0 Å². The van der Waals surface area contributed by atoms with Crippen molar-refractivity contribution in [2.24, 2.45) is 0 Å². The molecule has 0 saturated carbocycles. The van der Waals surface area contributed by atoms with Crippen molar-refractivity contribution >= 4 is 17.7 Å². The first kappa shape index (κ1) is 21.2. The molecular weight excluding hydrogens is 358 g/mol. The molecule has 150 valence electrons. The maximum absolute atomic E-state index is 12.3. The molecule has 0 aliphatic carbocycles. The number of hydrogen-bond acceptors (Lipinski definition) is 5. The molecule has 1 N–H and O–H groups in total. The summed E-state index contributed by atoms with van der Waals surface area (Å²) in [5.74, 6) is 2.22. The van der Waals surface area contributed by atoms with Crippen molar-refractivity contribution in [2.45, 2.75) is 19.8 Å². The van der Waals surface area contributed by atoms with Gasteiger partial charge in [-0.3, -0.25) is 4.79 Å². The zero-order valence-corrected chi connectivity index (χ0v) is 16.8. The van der Waals surface area contributed by atoms with E-state index in [1.165, 1.54) is 6.08 Å². The molecule has 0 radical (unpaired) electrons. The van der Waals surface area contributed by atoms with Gasteiger partial charge in [0.2, 0.25) is 5.91 Å². The Labute approximate surface area is 166 Å². The van der Waals surface area contributed by atoms with Crippen LogP contribution in [0.4, 0.5) is 5.69 Å². The van der Waals surface area contributed by atoms with Crippen molar-refractivity contribution in [3.63, 3.8) is 0 Å². The van der Waals surface area contributed by atoms with Crippen molar-refractivity contribution in [1.29, 1.82) is 0 Å². The third-order valence-corrected chi connectivity index (χ3v) is 4.03. The van der Waals surface area contributed by atoms with Crippen LogP contribution in [0.1, 0.15) is 25.3 Å². The Morgan fingerprint density at radius 1 is 0.964 bits per heavy atom. The number of ether oxygens (including phenoxy) is 4. The quantitative estimate of drug-likeness (QED) is 0.480. The van der Waals surface area contributed by atoms with E-state index in [0.29, 0.717) is 35.3 Å². The molecule has 0 aliphatic rings. The van der Waals surface area contributed by atoms with Crippen molar-refractivity contribution in [1.82, 2.24) is 0 Å². The summed E-state index contributed by atoms with van der Waals surface area (Å²) in [5.41, 5.74) is 1.36. The van der Waals surface area contributed by atoms with Crippen LogP contribution >= 0.6 is 0 Å². The summed E-state index contributed by atoms with van der Waals surface area (Å²) in [7, 11) is 4.71. The second kappa shape index (κ2) is 10.9. The highest BCUT2D eigenvalue weighted by atomic mass is 16.5. The Morgan fingerprint density at radius 2 is 1.71 bits per heavy atom. The molecule has 2 aromatic rings. The topological polar surface area (TPSA) is 66.0 Å². The lowest BCUT2D eigenvalue weighted by Crippen LogP contribution is -2.09. The van der Waals surface area contributed by atoms with Crippen LogP contribution in [-0.4, -0.2) is 33.8 Å². The van der Waals surface area contributed by atoms with E-state index in [4.69, 9.17) is 18.9 Å². The lowest BCUT2D eigenvalue weighted by atomic mass is 10.2. The average molecular weight is 385 g/mol. The summed E-state index contributed by atoms with van der Waals surface area (Å²) in [6.45, 7) is 2.76. The van der Waals surface area contributed by atoms with Gasteiger partial charge in [-0.25, -0.2) is 0 Å². The van der Waals surface area contributed by atoms with Gasteiger partial charge in [-0.1, -0.05) is 19.4 Å². The molecule has 2 aromatic carbocycles. The number of unbranched alkanes of at least 4 members (excludes halogenated alkanes) is 1. The SMILES string of the molecule is CCCCOc1ccc(/C=C/C(=O)Nc2cc(OC)ccc2OC)cc1OC. The van der Waals surface area contributed by atoms with E-state index in [9.17, 15) is 4.79 Å². The van der Waals surface area contributed by atoms with E-state index < -0.39 is 0 Å². The molecule has 0 saturated heterocycles. The van der Waals surface area contributed by atoms with E-state index in [1.807, 2.05) is 18.2 Å². The van der Waals surface area contributed by atoms with Gasteiger partial charge in [0, 0.05) is 12.1 Å². The Kier molecular flexibility index (Phi) is 8.21. The Hall–Kier alpha value is -3.15. The largest absolute Gasteiger partial charge is 0.497 e. The predicted octanol–water partition coefficient (Wildman–Crippen LogP) is 4.54. The van der Waals surface area contributed by atoms with Gasteiger partial charge < -0.3 is 24.3 Å². The van der Waals surface area contributed by atoms with Crippen molar-refractivity contribution in [3.8, 4) is 23.0 Å². The molecule has 0 atom stereocenters. The fourth-order valence-electron chi connectivity index (χ4n) is 2.49. The minimum Gasteiger partial charge on any atom is -0.497 e. The van der Waals surface area contributed by atoms with Crippen LogP contribution < -0.4 is 24.3 Å². The molecule has 2 rings (SSSR count). The summed E-state index contributed by atoms with van der Waals surface area (Å²) in [6, 6.07) is 10.8. The van der Waals surface area contributed by atoms with Crippen LogP contribution in [0.2, 0.25) is 0 Å². The molecule has 0 bridgehead atoms. The van der Waals surface area contributed by atoms with E-state index in [0.717, 1.165) is 18.4 Å². The van der Waals surface area contributed by atoms with Crippen LogP contribution in [0.3, 0.4) is 0 Å². The van der Waals surface area contributed by atoms with Gasteiger partial charge in [0.25, 0.3) is 0 Å². The third kappa shape index (κ3) is 5.94. The Balaban J connectivity index is 2.07. The van der Waals surface area contributed by atoms with Crippen LogP contribution in [0, 0.1) is 0 Å². The highest BCUT2D eigenvalue weighted by Crippen LogP contribution is 2.30. The standard InChI is InChI=1S/C22H27NO5/c1-5-6-13-28-20-10-7-16(14-21(20)27-4)8-12-22(24)23-18-15-17(25-2)9-11-19(18)26-3/h7-12,14-15H,5-6,13H2,1-4H3,(H,23,24)/b12-8+. The van der Waals surface area contributed by atoms with E-state index in [2.05, 4.69) is 12.2 Å². The van der Waals surface area contributed by atoms with E-state index >= 15 is 0 Å². The molecule has 1 amide bonds. The number of hydrogen-bond donors (Lipinski definition) is 1. The lowest BCUT2D eigenvalue weighted by molar-refractivity contribution is -0.111. The van der Waals surface area contributed by atoms with Crippen LogP contribution in [0.15, 0.2) is 42.5 Å². The smallest absolute Gasteiger partial charge is 0.248 e. The van der Waals surface area contributed by atoms with Crippen molar-refractivity contribution in [2.75, 3.05) is 33.3 Å². The summed E-state index contributed by atoms with van der Waals surface area (Å²) in [5, 5.41) is 2.79. The number of rotatable bonds is 10. The average Bonchev–Trinajstić information content (AvgIpc) is 2.72. The minimum atomic E-state index is -0.284. The fourth-order valence-corrected chi connectivity index (χ4v) is 2.49. The monoisotopic (exact) mass is 385 g/mol. The number of nitrogens with one attached hydrogen (secondary N) is 1. The van der Waals surface area contributed by atoms with Crippen molar-refractivity contribution in [3.05, 3.63) is 48.0 Å². The van der Waals surface area contributed by atoms with Gasteiger partial charge in [0.05, 0.1) is 33.6 Å². The molecule has 0 aliphatic heterocycles. The van der Waals surface area contributed by atoms with Crippen LogP contribution in [0.25, 0.3) is 6.08 Å². The molecule has 0 unspecified atom stereocenters. The predicted molar refractivity (Wildman–Crippen MR) is 111 cm³/mol. The number of amides is 1. The summed E-state index contributed by atoms with van der Waals surface area (Å²) < 4.78 is 21.6. The molecule has 0 heterocycles. The lowest BCUT2D eigenvalue weighted by Gasteiger charge is -2.11. The van der Waals surface area contributed by atoms with Gasteiger partial charge in [-0.05, 0) is 42.3 Å². The first-order chi connectivity index (χ1) is 13.6. The summed E-state index contributed by atoms with van der Waals surface area (Å²) in [6.07, 6.45) is 5.21. The van der Waals surface area contributed by atoms with Gasteiger partial charge in [0.1, 0.15) is 11.5 Å². The normalized spacial score (nSPS) is 10.6. The highest BCUT2D eigenvalue weighted by Gasteiger charge is 2.08. The molecular formula is C22H27NO5. The second-order valence-corrected chi connectivity index (χ2v) is 6.00. The zero-order chi connectivity index (χ0) is 20.4. The highest BCUT2D eigenvalue weighted by molar-refractivity contribution is 6.02. The molecule has 6 heteroatoms.